The summed E-state index contributed by atoms with van der Waals surface area (Å²) in [5.41, 5.74) is 0. The molecule has 0 spiro atoms. The number of hydrogen-bond donors (Lipinski definition) is 3. The van der Waals surface area contributed by atoms with Crippen molar-refractivity contribution in [3.8, 4) is 0 Å². The maximum Gasteiger partial charge on any atom is 0.326 e. The third kappa shape index (κ3) is 7.94. The van der Waals surface area contributed by atoms with E-state index in [2.05, 4.69) is 10.6 Å². The second-order valence-electron chi connectivity index (χ2n) is 4.30. The van der Waals surface area contributed by atoms with Gasteiger partial charge in [-0.15, -0.1) is 0 Å². The van der Waals surface area contributed by atoms with E-state index in [0.29, 0.717) is 6.42 Å². The van der Waals surface area contributed by atoms with Gasteiger partial charge < -0.3 is 15.7 Å². The summed E-state index contributed by atoms with van der Waals surface area (Å²) in [7, 11) is 0. The van der Waals surface area contributed by atoms with E-state index >= 15 is 0 Å². The first-order valence-electron chi connectivity index (χ1n) is 5.64. The van der Waals surface area contributed by atoms with E-state index in [-0.39, 0.29) is 24.1 Å². The summed E-state index contributed by atoms with van der Waals surface area (Å²) >= 11 is 1.35. The highest BCUT2D eigenvalue weighted by Gasteiger charge is 2.20. The number of aliphatic carboxylic acids is 1. The zero-order chi connectivity index (χ0) is 14.1. The van der Waals surface area contributed by atoms with Gasteiger partial charge in [0.05, 0.1) is 12.3 Å². The highest BCUT2D eigenvalue weighted by molar-refractivity contribution is 7.99. The van der Waals surface area contributed by atoms with Gasteiger partial charge in [0.1, 0.15) is 6.04 Å². The van der Waals surface area contributed by atoms with Gasteiger partial charge in [0.25, 0.3) is 0 Å². The highest BCUT2D eigenvalue weighted by atomic mass is 32.2. The van der Waals surface area contributed by atoms with Gasteiger partial charge in [0.2, 0.25) is 11.8 Å². The molecule has 0 unspecified atom stereocenters. The maximum atomic E-state index is 11.5. The molecule has 0 aliphatic heterocycles. The van der Waals surface area contributed by atoms with Crippen LogP contribution in [0.4, 0.5) is 0 Å². The summed E-state index contributed by atoms with van der Waals surface area (Å²) in [6.07, 6.45) is 2.14. The van der Waals surface area contributed by atoms with Crippen LogP contribution in [0.25, 0.3) is 0 Å². The average Bonchev–Trinajstić information content (AvgIpc) is 2.25. The van der Waals surface area contributed by atoms with Crippen LogP contribution in [0.5, 0.6) is 0 Å². The molecule has 0 aliphatic rings. The van der Waals surface area contributed by atoms with Gasteiger partial charge in [0, 0.05) is 0 Å². The molecule has 0 bridgehead atoms. The Labute approximate surface area is 111 Å². The number of nitrogens with one attached hydrogen (secondary N) is 2. The maximum absolute atomic E-state index is 11.5. The van der Waals surface area contributed by atoms with Crippen LogP contribution >= 0.6 is 11.8 Å². The molecule has 0 aliphatic carbocycles. The minimum absolute atomic E-state index is 0.164. The fourth-order valence-electron chi connectivity index (χ4n) is 1.30. The number of thioether (sulfide) groups is 1. The van der Waals surface area contributed by atoms with Crippen molar-refractivity contribution >= 4 is 29.5 Å². The molecule has 6 nitrogen and oxygen atoms in total. The van der Waals surface area contributed by atoms with Crippen LogP contribution in [0.15, 0.2) is 0 Å². The molecule has 0 aromatic heterocycles. The van der Waals surface area contributed by atoms with Crippen LogP contribution in [0.2, 0.25) is 0 Å². The lowest BCUT2D eigenvalue weighted by atomic mass is 10.0. The number of carboxylic acid groups (broad SMARTS) is 1. The van der Waals surface area contributed by atoms with Crippen molar-refractivity contribution in [2.75, 3.05) is 18.6 Å². The molecule has 0 heterocycles. The van der Waals surface area contributed by atoms with Crippen molar-refractivity contribution in [2.45, 2.75) is 26.3 Å². The molecule has 1 atom stereocenters. The van der Waals surface area contributed by atoms with Gasteiger partial charge in [-0.25, -0.2) is 4.79 Å². The van der Waals surface area contributed by atoms with E-state index in [1.807, 2.05) is 13.8 Å². The SMILES string of the molecule is CSCC(=O)NCC(=O)N[C@@H](CC(C)C)C(=O)O. The summed E-state index contributed by atoms with van der Waals surface area (Å²) < 4.78 is 0. The number of rotatable bonds is 8. The number of carbonyl (C=O) groups excluding carboxylic acids is 2. The lowest BCUT2D eigenvalue weighted by Gasteiger charge is -2.16. The van der Waals surface area contributed by atoms with Crippen LogP contribution < -0.4 is 10.6 Å². The summed E-state index contributed by atoms with van der Waals surface area (Å²) in [4.78, 5) is 33.5. The van der Waals surface area contributed by atoms with E-state index in [9.17, 15) is 14.4 Å². The Balaban J connectivity index is 4.10. The van der Waals surface area contributed by atoms with Crippen LogP contribution in [0.3, 0.4) is 0 Å². The quantitative estimate of drug-likeness (QED) is 0.583. The van der Waals surface area contributed by atoms with Crippen molar-refractivity contribution in [3.05, 3.63) is 0 Å². The molecule has 3 N–H and O–H groups in total. The molecule has 0 rings (SSSR count). The zero-order valence-corrected chi connectivity index (χ0v) is 11.7. The third-order valence-corrected chi connectivity index (χ3v) is 2.61. The van der Waals surface area contributed by atoms with Crippen molar-refractivity contribution in [2.24, 2.45) is 5.92 Å². The van der Waals surface area contributed by atoms with Crippen LogP contribution in [-0.4, -0.2) is 47.5 Å². The van der Waals surface area contributed by atoms with Gasteiger partial charge in [-0.2, -0.15) is 11.8 Å². The average molecular weight is 276 g/mol. The molecule has 0 saturated carbocycles. The standard InChI is InChI=1S/C11H20N2O4S/c1-7(2)4-8(11(16)17)13-9(14)5-12-10(15)6-18-3/h7-8H,4-6H2,1-3H3,(H,12,15)(H,13,14)(H,16,17)/t8-/m0/s1. The number of carbonyl (C=O) groups is 3. The molecule has 0 aromatic carbocycles. The minimum Gasteiger partial charge on any atom is -0.480 e. The van der Waals surface area contributed by atoms with Crippen molar-refractivity contribution < 1.29 is 19.5 Å². The first-order chi connectivity index (χ1) is 8.36. The second kappa shape index (κ2) is 8.79. The molecular weight excluding hydrogens is 256 g/mol. The van der Waals surface area contributed by atoms with Gasteiger partial charge >= 0.3 is 5.97 Å². The molecule has 0 aromatic rings. The smallest absolute Gasteiger partial charge is 0.326 e. The topological polar surface area (TPSA) is 95.5 Å². The van der Waals surface area contributed by atoms with Crippen LogP contribution in [-0.2, 0) is 14.4 Å². The number of hydrogen-bond acceptors (Lipinski definition) is 4. The zero-order valence-electron chi connectivity index (χ0n) is 10.9. The monoisotopic (exact) mass is 276 g/mol. The fraction of sp³-hybridized carbons (Fsp3) is 0.727. The Morgan fingerprint density at radius 1 is 1.22 bits per heavy atom. The van der Waals surface area contributed by atoms with Crippen molar-refractivity contribution in [3.63, 3.8) is 0 Å². The molecule has 0 saturated heterocycles. The van der Waals surface area contributed by atoms with E-state index in [1.165, 1.54) is 11.8 Å². The van der Waals surface area contributed by atoms with Gasteiger partial charge in [-0.1, -0.05) is 13.8 Å². The summed E-state index contributed by atoms with van der Waals surface area (Å²) in [5, 5.41) is 13.7. The van der Waals surface area contributed by atoms with E-state index < -0.39 is 17.9 Å². The Morgan fingerprint density at radius 3 is 2.28 bits per heavy atom. The first kappa shape index (κ1) is 16.8. The Morgan fingerprint density at radius 2 is 1.83 bits per heavy atom. The lowest BCUT2D eigenvalue weighted by molar-refractivity contribution is -0.142. The normalized spacial score (nSPS) is 12.0. The highest BCUT2D eigenvalue weighted by Crippen LogP contribution is 2.04. The molecule has 18 heavy (non-hydrogen) atoms. The Bertz CT molecular complexity index is 307. The first-order valence-corrected chi connectivity index (χ1v) is 7.04. The van der Waals surface area contributed by atoms with Gasteiger partial charge in [0.15, 0.2) is 0 Å². The van der Waals surface area contributed by atoms with E-state index in [1.54, 1.807) is 6.26 Å². The van der Waals surface area contributed by atoms with E-state index in [0.717, 1.165) is 0 Å². The molecule has 2 amide bonds. The minimum atomic E-state index is -1.06. The Hall–Kier alpha value is -1.24. The Kier molecular flexibility index (Phi) is 8.19. The number of carboxylic acids is 1. The van der Waals surface area contributed by atoms with E-state index in [4.69, 9.17) is 5.11 Å². The van der Waals surface area contributed by atoms with Gasteiger partial charge in [-0.05, 0) is 18.6 Å². The summed E-state index contributed by atoms with van der Waals surface area (Å²) in [6.45, 7) is 3.56. The predicted octanol–water partition coefficient (Wildman–Crippen LogP) is 0.0811. The summed E-state index contributed by atoms with van der Waals surface area (Å²) in [6, 6.07) is -0.907. The fourth-order valence-corrected chi connectivity index (χ4v) is 1.66. The molecule has 104 valence electrons. The predicted molar refractivity (Wildman–Crippen MR) is 70.4 cm³/mol. The van der Waals surface area contributed by atoms with Crippen molar-refractivity contribution in [1.29, 1.82) is 0 Å². The second-order valence-corrected chi connectivity index (χ2v) is 5.16. The van der Waals surface area contributed by atoms with Crippen LogP contribution in [0.1, 0.15) is 20.3 Å². The molecule has 0 radical (unpaired) electrons. The van der Waals surface area contributed by atoms with Crippen molar-refractivity contribution in [1.82, 2.24) is 10.6 Å². The third-order valence-electron chi connectivity index (χ3n) is 2.06. The van der Waals surface area contributed by atoms with Gasteiger partial charge in [-0.3, -0.25) is 9.59 Å². The largest absolute Gasteiger partial charge is 0.480 e. The molecule has 0 fully saturated rings. The van der Waals surface area contributed by atoms with Crippen LogP contribution in [0, 0.1) is 5.92 Å². The number of amides is 2. The lowest BCUT2D eigenvalue weighted by Crippen LogP contribution is -2.46. The summed E-state index contributed by atoms with van der Waals surface area (Å²) in [5.74, 6) is -1.35. The molecular formula is C11H20N2O4S. The molecule has 7 heteroatoms.